The molecule has 0 radical (unpaired) electrons. The van der Waals surface area contributed by atoms with Crippen molar-refractivity contribution in [3.05, 3.63) is 17.7 Å². The van der Waals surface area contributed by atoms with Gasteiger partial charge in [0, 0.05) is 37.7 Å². The van der Waals surface area contributed by atoms with E-state index in [9.17, 15) is 14.4 Å². The predicted molar refractivity (Wildman–Crippen MR) is 109 cm³/mol. The van der Waals surface area contributed by atoms with E-state index in [-0.39, 0.29) is 36.4 Å². The first-order chi connectivity index (χ1) is 14.5. The standard InChI is InChI=1S/C22H28N2O6/c1-14(25)16-11-19-20(30-13-29-19)12-17(16)23-21(26)10-15-5-7-24(8-6-15)22(27)18-4-2-3-9-28-18/h11-12,15,18H,2-10,13H2,1H3,(H,23,26). The third-order valence-corrected chi connectivity index (χ3v) is 6.02. The number of fused-ring (bicyclic) bond motifs is 1. The van der Waals surface area contributed by atoms with Crippen molar-refractivity contribution in [1.82, 2.24) is 4.90 Å². The molecule has 0 spiro atoms. The van der Waals surface area contributed by atoms with Gasteiger partial charge in [-0.05, 0) is 51.0 Å². The molecule has 8 nitrogen and oxygen atoms in total. The molecule has 2 fully saturated rings. The summed E-state index contributed by atoms with van der Waals surface area (Å²) in [6.45, 7) is 3.52. The number of Topliss-reactive ketones (excluding diaryl/α,β-unsaturated/α-hetero) is 1. The number of amides is 2. The van der Waals surface area contributed by atoms with E-state index in [4.69, 9.17) is 14.2 Å². The first-order valence-electron chi connectivity index (χ1n) is 10.7. The lowest BCUT2D eigenvalue weighted by Gasteiger charge is -2.35. The quantitative estimate of drug-likeness (QED) is 0.742. The molecule has 3 aliphatic heterocycles. The molecule has 1 aromatic carbocycles. The molecule has 3 aliphatic rings. The van der Waals surface area contributed by atoms with E-state index in [1.165, 1.54) is 6.92 Å². The molecule has 2 saturated heterocycles. The van der Waals surface area contributed by atoms with Crippen molar-refractivity contribution in [3.8, 4) is 11.5 Å². The Kier molecular flexibility index (Phi) is 6.22. The molecular weight excluding hydrogens is 388 g/mol. The zero-order valence-electron chi connectivity index (χ0n) is 17.3. The zero-order chi connectivity index (χ0) is 21.1. The van der Waals surface area contributed by atoms with Crippen LogP contribution in [0.15, 0.2) is 12.1 Å². The second-order valence-electron chi connectivity index (χ2n) is 8.18. The van der Waals surface area contributed by atoms with Gasteiger partial charge in [0.2, 0.25) is 12.7 Å². The van der Waals surface area contributed by atoms with Crippen LogP contribution in [0.5, 0.6) is 11.5 Å². The largest absolute Gasteiger partial charge is 0.454 e. The van der Waals surface area contributed by atoms with Gasteiger partial charge >= 0.3 is 0 Å². The van der Waals surface area contributed by atoms with Crippen LogP contribution in [-0.2, 0) is 14.3 Å². The van der Waals surface area contributed by atoms with Crippen LogP contribution in [0.3, 0.4) is 0 Å². The summed E-state index contributed by atoms with van der Waals surface area (Å²) in [5, 5.41) is 2.86. The SMILES string of the molecule is CC(=O)c1cc2c(cc1NC(=O)CC1CCN(C(=O)C3CCCCO3)CC1)OCO2. The molecule has 3 heterocycles. The average molecular weight is 416 g/mol. The summed E-state index contributed by atoms with van der Waals surface area (Å²) in [5.74, 6) is 1.03. The number of carbonyl (C=O) groups excluding carboxylic acids is 3. The summed E-state index contributed by atoms with van der Waals surface area (Å²) in [5.41, 5.74) is 0.847. The van der Waals surface area contributed by atoms with E-state index in [2.05, 4.69) is 5.32 Å². The molecule has 1 aromatic rings. The number of ether oxygens (including phenoxy) is 3. The number of piperidine rings is 1. The Bertz CT molecular complexity index is 825. The summed E-state index contributed by atoms with van der Waals surface area (Å²) in [6.07, 6.45) is 4.49. The first kappa shape index (κ1) is 20.7. The predicted octanol–water partition coefficient (Wildman–Crippen LogP) is 2.75. The van der Waals surface area contributed by atoms with Crippen molar-refractivity contribution in [2.24, 2.45) is 5.92 Å². The van der Waals surface area contributed by atoms with Gasteiger partial charge in [-0.3, -0.25) is 14.4 Å². The van der Waals surface area contributed by atoms with E-state index < -0.39 is 0 Å². The van der Waals surface area contributed by atoms with Crippen LogP contribution in [0.25, 0.3) is 0 Å². The van der Waals surface area contributed by atoms with Gasteiger partial charge < -0.3 is 24.4 Å². The van der Waals surface area contributed by atoms with Crippen LogP contribution >= 0.6 is 0 Å². The van der Waals surface area contributed by atoms with Crippen LogP contribution in [0, 0.1) is 5.92 Å². The van der Waals surface area contributed by atoms with Crippen LogP contribution in [-0.4, -0.2) is 55.1 Å². The van der Waals surface area contributed by atoms with Crippen LogP contribution in [0.2, 0.25) is 0 Å². The third kappa shape index (κ3) is 4.59. The van der Waals surface area contributed by atoms with E-state index in [1.807, 2.05) is 4.90 Å². The summed E-state index contributed by atoms with van der Waals surface area (Å²) in [4.78, 5) is 39.1. The summed E-state index contributed by atoms with van der Waals surface area (Å²) >= 11 is 0. The number of nitrogens with one attached hydrogen (secondary N) is 1. The van der Waals surface area contributed by atoms with Crippen LogP contribution in [0.1, 0.15) is 55.8 Å². The molecule has 0 bridgehead atoms. The second-order valence-corrected chi connectivity index (χ2v) is 8.18. The lowest BCUT2D eigenvalue weighted by Crippen LogP contribution is -2.46. The smallest absolute Gasteiger partial charge is 0.251 e. The number of likely N-dealkylation sites (tertiary alicyclic amines) is 1. The maximum atomic E-state index is 12.6. The number of benzene rings is 1. The highest BCUT2D eigenvalue weighted by Gasteiger charge is 2.30. The number of nitrogens with zero attached hydrogens (tertiary/aromatic N) is 1. The van der Waals surface area contributed by atoms with E-state index >= 15 is 0 Å². The van der Waals surface area contributed by atoms with Gasteiger partial charge in [0.1, 0.15) is 6.10 Å². The van der Waals surface area contributed by atoms with Crippen molar-refractivity contribution in [2.75, 3.05) is 31.8 Å². The van der Waals surface area contributed by atoms with Crippen molar-refractivity contribution in [1.29, 1.82) is 0 Å². The molecule has 2 amide bonds. The number of hydrogen-bond acceptors (Lipinski definition) is 6. The summed E-state index contributed by atoms with van der Waals surface area (Å²) < 4.78 is 16.3. The lowest BCUT2D eigenvalue weighted by molar-refractivity contribution is -0.147. The van der Waals surface area contributed by atoms with Crippen molar-refractivity contribution < 1.29 is 28.6 Å². The number of anilines is 1. The molecule has 1 atom stereocenters. The fourth-order valence-corrected chi connectivity index (χ4v) is 4.30. The van der Waals surface area contributed by atoms with Gasteiger partial charge in [0.15, 0.2) is 17.3 Å². The molecule has 162 valence electrons. The molecule has 1 unspecified atom stereocenters. The van der Waals surface area contributed by atoms with Gasteiger partial charge in [-0.15, -0.1) is 0 Å². The highest BCUT2D eigenvalue weighted by molar-refractivity contribution is 6.04. The topological polar surface area (TPSA) is 94.2 Å². The van der Waals surface area contributed by atoms with E-state index in [0.717, 1.165) is 32.1 Å². The molecular formula is C22H28N2O6. The minimum Gasteiger partial charge on any atom is -0.454 e. The number of ketones is 1. The number of rotatable bonds is 5. The van der Waals surface area contributed by atoms with Gasteiger partial charge in [-0.2, -0.15) is 0 Å². The van der Waals surface area contributed by atoms with Gasteiger partial charge in [-0.1, -0.05) is 0 Å². The molecule has 0 aromatic heterocycles. The van der Waals surface area contributed by atoms with Crippen molar-refractivity contribution in [2.45, 2.75) is 51.6 Å². The Hall–Kier alpha value is -2.61. The highest BCUT2D eigenvalue weighted by Crippen LogP contribution is 2.37. The fraction of sp³-hybridized carbons (Fsp3) is 0.591. The summed E-state index contributed by atoms with van der Waals surface area (Å²) in [7, 11) is 0. The summed E-state index contributed by atoms with van der Waals surface area (Å²) in [6, 6.07) is 3.25. The van der Waals surface area contributed by atoms with E-state index in [1.54, 1.807) is 12.1 Å². The zero-order valence-corrected chi connectivity index (χ0v) is 17.3. The molecule has 30 heavy (non-hydrogen) atoms. The third-order valence-electron chi connectivity index (χ3n) is 6.02. The molecule has 1 N–H and O–H groups in total. The average Bonchev–Trinajstić information content (AvgIpc) is 3.21. The maximum absolute atomic E-state index is 12.6. The number of hydrogen-bond donors (Lipinski definition) is 1. The Morgan fingerprint density at radius 3 is 2.47 bits per heavy atom. The highest BCUT2D eigenvalue weighted by atomic mass is 16.7. The normalized spacial score (nSPS) is 21.4. The number of carbonyl (C=O) groups is 3. The first-order valence-corrected chi connectivity index (χ1v) is 10.7. The Balaban J connectivity index is 1.30. The van der Waals surface area contributed by atoms with Gasteiger partial charge in [-0.25, -0.2) is 0 Å². The molecule has 8 heteroatoms. The van der Waals surface area contributed by atoms with Gasteiger partial charge in [0.05, 0.1) is 5.69 Å². The molecule has 0 aliphatic carbocycles. The molecule has 4 rings (SSSR count). The molecule has 0 saturated carbocycles. The minimum absolute atomic E-state index is 0.0871. The Morgan fingerprint density at radius 2 is 1.80 bits per heavy atom. The fourth-order valence-electron chi connectivity index (χ4n) is 4.30. The van der Waals surface area contributed by atoms with Gasteiger partial charge in [0.25, 0.3) is 5.91 Å². The van der Waals surface area contributed by atoms with E-state index in [0.29, 0.717) is 48.9 Å². The Morgan fingerprint density at radius 1 is 1.07 bits per heavy atom. The Labute approximate surface area is 175 Å². The minimum atomic E-state index is -0.297. The van der Waals surface area contributed by atoms with Crippen LogP contribution < -0.4 is 14.8 Å². The van der Waals surface area contributed by atoms with Crippen LogP contribution in [0.4, 0.5) is 5.69 Å². The lowest BCUT2D eigenvalue weighted by atomic mass is 9.92. The van der Waals surface area contributed by atoms with Crippen molar-refractivity contribution >= 4 is 23.3 Å². The second kappa shape index (κ2) is 9.04. The monoisotopic (exact) mass is 416 g/mol. The maximum Gasteiger partial charge on any atom is 0.251 e. The van der Waals surface area contributed by atoms with Crippen molar-refractivity contribution in [3.63, 3.8) is 0 Å².